The summed E-state index contributed by atoms with van der Waals surface area (Å²) in [5, 5.41) is 0. The Kier molecular flexibility index (Phi) is 6.99. The summed E-state index contributed by atoms with van der Waals surface area (Å²) in [4.78, 5) is 23.8. The molecule has 2 aromatic rings. The third kappa shape index (κ3) is 6.18. The van der Waals surface area contributed by atoms with Crippen molar-refractivity contribution in [3.05, 3.63) is 65.5 Å². The molecule has 0 aliphatic heterocycles. The van der Waals surface area contributed by atoms with E-state index < -0.39 is 30.8 Å². The van der Waals surface area contributed by atoms with Crippen molar-refractivity contribution in [1.82, 2.24) is 0 Å². The van der Waals surface area contributed by atoms with Crippen molar-refractivity contribution >= 4 is 17.8 Å². The lowest BCUT2D eigenvalue weighted by Gasteiger charge is -2.07. The standard InChI is InChI=1S/C19H15F3O5/c1-25-17-8-5-13(20)10-15(17)16(23)11-26-18(24)9-4-12-2-6-14(7-3-12)27-19(21)22/h2-10,19H,11H2,1H3/b9-4+. The van der Waals surface area contributed by atoms with Crippen LogP contribution in [0, 0.1) is 5.82 Å². The van der Waals surface area contributed by atoms with Crippen LogP contribution in [0.15, 0.2) is 48.5 Å². The number of hydrogen-bond acceptors (Lipinski definition) is 5. The van der Waals surface area contributed by atoms with Crippen LogP contribution < -0.4 is 9.47 Å². The molecule has 0 unspecified atom stereocenters. The second-order valence-electron chi connectivity index (χ2n) is 5.16. The monoisotopic (exact) mass is 380 g/mol. The summed E-state index contributed by atoms with van der Waals surface area (Å²) < 4.78 is 51.4. The van der Waals surface area contributed by atoms with Gasteiger partial charge in [-0.1, -0.05) is 12.1 Å². The lowest BCUT2D eigenvalue weighted by Crippen LogP contribution is -2.13. The van der Waals surface area contributed by atoms with Crippen LogP contribution >= 0.6 is 0 Å². The fourth-order valence-corrected chi connectivity index (χ4v) is 2.09. The topological polar surface area (TPSA) is 61.8 Å². The molecule has 0 aliphatic carbocycles. The van der Waals surface area contributed by atoms with E-state index in [0.717, 1.165) is 18.2 Å². The molecule has 2 aromatic carbocycles. The zero-order valence-electron chi connectivity index (χ0n) is 14.2. The van der Waals surface area contributed by atoms with E-state index in [4.69, 9.17) is 9.47 Å². The molecule has 0 saturated carbocycles. The third-order valence-corrected chi connectivity index (χ3v) is 3.32. The maximum Gasteiger partial charge on any atom is 0.387 e. The Morgan fingerprint density at radius 2 is 1.81 bits per heavy atom. The first-order valence-electron chi connectivity index (χ1n) is 7.65. The number of carbonyl (C=O) groups is 2. The zero-order valence-corrected chi connectivity index (χ0v) is 14.2. The molecule has 0 bridgehead atoms. The summed E-state index contributed by atoms with van der Waals surface area (Å²) >= 11 is 0. The van der Waals surface area contributed by atoms with Crippen molar-refractivity contribution < 1.29 is 37.0 Å². The first-order chi connectivity index (χ1) is 12.9. The first-order valence-corrected chi connectivity index (χ1v) is 7.65. The summed E-state index contributed by atoms with van der Waals surface area (Å²) in [6, 6.07) is 8.99. The van der Waals surface area contributed by atoms with Gasteiger partial charge in [-0.05, 0) is 42.0 Å². The van der Waals surface area contributed by atoms with Gasteiger partial charge in [0, 0.05) is 6.08 Å². The fourth-order valence-electron chi connectivity index (χ4n) is 2.09. The second-order valence-corrected chi connectivity index (χ2v) is 5.16. The minimum atomic E-state index is -2.92. The smallest absolute Gasteiger partial charge is 0.387 e. The number of Topliss-reactive ketones (excluding diaryl/α,β-unsaturated/α-hetero) is 1. The van der Waals surface area contributed by atoms with Gasteiger partial charge in [0.1, 0.15) is 17.3 Å². The van der Waals surface area contributed by atoms with E-state index in [-0.39, 0.29) is 17.1 Å². The van der Waals surface area contributed by atoms with Crippen LogP contribution in [0.25, 0.3) is 6.08 Å². The van der Waals surface area contributed by atoms with Crippen LogP contribution in [0.3, 0.4) is 0 Å². The number of esters is 1. The lowest BCUT2D eigenvalue weighted by atomic mass is 10.1. The molecule has 0 N–H and O–H groups in total. The average molecular weight is 380 g/mol. The second kappa shape index (κ2) is 9.42. The SMILES string of the molecule is COc1ccc(F)cc1C(=O)COC(=O)/C=C/c1ccc(OC(F)F)cc1. The van der Waals surface area contributed by atoms with Crippen molar-refractivity contribution in [3.63, 3.8) is 0 Å². The van der Waals surface area contributed by atoms with Gasteiger partial charge in [0.2, 0.25) is 5.78 Å². The molecule has 0 aliphatic rings. The van der Waals surface area contributed by atoms with Crippen LogP contribution in [0.1, 0.15) is 15.9 Å². The van der Waals surface area contributed by atoms with E-state index in [1.54, 1.807) is 0 Å². The summed E-state index contributed by atoms with van der Waals surface area (Å²) in [6.07, 6.45) is 2.45. The molecule has 2 rings (SSSR count). The third-order valence-electron chi connectivity index (χ3n) is 3.32. The highest BCUT2D eigenvalue weighted by molar-refractivity contribution is 6.01. The van der Waals surface area contributed by atoms with Crippen LogP contribution in [-0.2, 0) is 9.53 Å². The van der Waals surface area contributed by atoms with Crippen LogP contribution in [0.4, 0.5) is 13.2 Å². The van der Waals surface area contributed by atoms with Crippen LogP contribution in [-0.4, -0.2) is 32.1 Å². The largest absolute Gasteiger partial charge is 0.496 e. The van der Waals surface area contributed by atoms with E-state index in [1.165, 1.54) is 43.5 Å². The van der Waals surface area contributed by atoms with Gasteiger partial charge in [-0.25, -0.2) is 9.18 Å². The Hall–Kier alpha value is -3.29. The molecule has 5 nitrogen and oxygen atoms in total. The molecule has 27 heavy (non-hydrogen) atoms. The Morgan fingerprint density at radius 3 is 2.44 bits per heavy atom. The maximum atomic E-state index is 13.3. The minimum Gasteiger partial charge on any atom is -0.496 e. The number of hydrogen-bond donors (Lipinski definition) is 0. The average Bonchev–Trinajstić information content (AvgIpc) is 2.65. The zero-order chi connectivity index (χ0) is 19.8. The summed E-state index contributed by atoms with van der Waals surface area (Å²) in [5.74, 6) is -1.89. The number of alkyl halides is 2. The van der Waals surface area contributed by atoms with E-state index in [9.17, 15) is 22.8 Å². The lowest BCUT2D eigenvalue weighted by molar-refractivity contribution is -0.136. The van der Waals surface area contributed by atoms with Gasteiger partial charge in [-0.15, -0.1) is 0 Å². The predicted octanol–water partition coefficient (Wildman–Crippen LogP) is 3.88. The van der Waals surface area contributed by atoms with E-state index in [0.29, 0.717) is 5.56 Å². The molecule has 0 radical (unpaired) electrons. The first kappa shape index (κ1) is 20.0. The predicted molar refractivity (Wildman–Crippen MR) is 90.3 cm³/mol. The van der Waals surface area contributed by atoms with E-state index >= 15 is 0 Å². The number of benzene rings is 2. The van der Waals surface area contributed by atoms with Crippen LogP contribution in [0.2, 0.25) is 0 Å². The van der Waals surface area contributed by atoms with Crippen molar-refractivity contribution in [2.75, 3.05) is 13.7 Å². The Morgan fingerprint density at radius 1 is 1.11 bits per heavy atom. The fraction of sp³-hybridized carbons (Fsp3) is 0.158. The summed E-state index contributed by atoms with van der Waals surface area (Å²) in [7, 11) is 1.33. The minimum absolute atomic E-state index is 0.0145. The van der Waals surface area contributed by atoms with Gasteiger partial charge in [-0.2, -0.15) is 8.78 Å². The summed E-state index contributed by atoms with van der Waals surface area (Å²) in [5.41, 5.74) is 0.496. The normalized spacial score (nSPS) is 10.9. The Labute approximate surface area is 153 Å². The molecule has 8 heteroatoms. The Balaban J connectivity index is 1.91. The number of halogens is 3. The molecule has 0 aromatic heterocycles. The number of ether oxygens (including phenoxy) is 3. The number of rotatable bonds is 8. The molecule has 0 atom stereocenters. The van der Waals surface area contributed by atoms with Crippen molar-refractivity contribution in [2.45, 2.75) is 6.61 Å². The van der Waals surface area contributed by atoms with E-state index in [1.807, 2.05) is 0 Å². The van der Waals surface area contributed by atoms with Gasteiger partial charge in [0.25, 0.3) is 0 Å². The van der Waals surface area contributed by atoms with Gasteiger partial charge in [-0.3, -0.25) is 4.79 Å². The number of carbonyl (C=O) groups excluding carboxylic acids is 2. The van der Waals surface area contributed by atoms with E-state index in [2.05, 4.69) is 4.74 Å². The van der Waals surface area contributed by atoms with Crippen LogP contribution in [0.5, 0.6) is 11.5 Å². The molecule has 0 amide bonds. The maximum absolute atomic E-state index is 13.3. The van der Waals surface area contributed by atoms with Crippen molar-refractivity contribution in [1.29, 1.82) is 0 Å². The molecular weight excluding hydrogens is 365 g/mol. The molecule has 0 heterocycles. The highest BCUT2D eigenvalue weighted by atomic mass is 19.3. The Bertz CT molecular complexity index is 832. The van der Waals surface area contributed by atoms with Gasteiger partial charge >= 0.3 is 12.6 Å². The number of ketones is 1. The molecule has 0 saturated heterocycles. The van der Waals surface area contributed by atoms with Gasteiger partial charge in [0.15, 0.2) is 6.61 Å². The molecule has 0 spiro atoms. The molecule has 0 fully saturated rings. The van der Waals surface area contributed by atoms with Crippen molar-refractivity contribution in [2.24, 2.45) is 0 Å². The van der Waals surface area contributed by atoms with Crippen molar-refractivity contribution in [3.8, 4) is 11.5 Å². The highest BCUT2D eigenvalue weighted by Gasteiger charge is 2.15. The quantitative estimate of drug-likeness (QED) is 0.395. The highest BCUT2D eigenvalue weighted by Crippen LogP contribution is 2.20. The van der Waals surface area contributed by atoms with Gasteiger partial charge < -0.3 is 14.2 Å². The number of methoxy groups -OCH3 is 1. The molecular formula is C19H15F3O5. The van der Waals surface area contributed by atoms with Gasteiger partial charge in [0.05, 0.1) is 12.7 Å². The molecule has 142 valence electrons. The summed E-state index contributed by atoms with van der Waals surface area (Å²) in [6.45, 7) is -3.51.